The summed E-state index contributed by atoms with van der Waals surface area (Å²) in [5.41, 5.74) is 1.63. The van der Waals surface area contributed by atoms with Crippen LogP contribution in [0.2, 0.25) is 0 Å². The van der Waals surface area contributed by atoms with Gasteiger partial charge in [-0.2, -0.15) is 5.26 Å². The van der Waals surface area contributed by atoms with E-state index in [9.17, 15) is 15.4 Å². The lowest BCUT2D eigenvalue weighted by Crippen LogP contribution is -1.94. The molecule has 122 valence electrons. The van der Waals surface area contributed by atoms with E-state index in [0.29, 0.717) is 11.1 Å². The lowest BCUT2D eigenvalue weighted by Gasteiger charge is -2.05. The van der Waals surface area contributed by atoms with E-state index in [1.807, 2.05) is 42.5 Å². The SMILES string of the molecule is COc1ccc(/C=C(/C#N)c2ccc3ccccc3c2)cc1[N+](=O)[O-]. The molecule has 0 bridgehead atoms. The Morgan fingerprint density at radius 1 is 1.12 bits per heavy atom. The van der Waals surface area contributed by atoms with E-state index in [0.717, 1.165) is 16.3 Å². The molecular formula is C20H14N2O3. The number of nitrogens with zero attached hydrogens (tertiary/aromatic N) is 2. The van der Waals surface area contributed by atoms with Crippen LogP contribution in [0.1, 0.15) is 11.1 Å². The number of allylic oxidation sites excluding steroid dienone is 1. The van der Waals surface area contributed by atoms with E-state index in [2.05, 4.69) is 6.07 Å². The van der Waals surface area contributed by atoms with Crippen molar-refractivity contribution in [2.75, 3.05) is 7.11 Å². The maximum Gasteiger partial charge on any atom is 0.311 e. The summed E-state index contributed by atoms with van der Waals surface area (Å²) >= 11 is 0. The van der Waals surface area contributed by atoms with E-state index in [-0.39, 0.29) is 11.4 Å². The minimum atomic E-state index is -0.502. The summed E-state index contributed by atoms with van der Waals surface area (Å²) in [4.78, 5) is 10.6. The van der Waals surface area contributed by atoms with Gasteiger partial charge in [0.15, 0.2) is 5.75 Å². The molecule has 3 aromatic rings. The number of hydrogen-bond acceptors (Lipinski definition) is 4. The summed E-state index contributed by atoms with van der Waals surface area (Å²) in [6, 6.07) is 20.4. The number of rotatable bonds is 4. The highest BCUT2D eigenvalue weighted by atomic mass is 16.6. The topological polar surface area (TPSA) is 76.2 Å². The first-order valence-corrected chi connectivity index (χ1v) is 7.56. The van der Waals surface area contributed by atoms with E-state index in [1.165, 1.54) is 19.2 Å². The van der Waals surface area contributed by atoms with Gasteiger partial charge in [0, 0.05) is 6.07 Å². The van der Waals surface area contributed by atoms with Crippen molar-refractivity contribution in [2.45, 2.75) is 0 Å². The molecule has 0 atom stereocenters. The molecule has 0 saturated heterocycles. The van der Waals surface area contributed by atoms with Gasteiger partial charge in [-0.05, 0) is 40.1 Å². The van der Waals surface area contributed by atoms with Gasteiger partial charge < -0.3 is 4.74 Å². The van der Waals surface area contributed by atoms with Crippen molar-refractivity contribution in [2.24, 2.45) is 0 Å². The van der Waals surface area contributed by atoms with Gasteiger partial charge >= 0.3 is 5.69 Å². The quantitative estimate of drug-likeness (QED) is 0.297. The number of nitriles is 1. The first kappa shape index (κ1) is 16.2. The van der Waals surface area contributed by atoms with Crippen molar-refractivity contribution in [1.29, 1.82) is 5.26 Å². The van der Waals surface area contributed by atoms with Crippen LogP contribution in [0.15, 0.2) is 60.7 Å². The Morgan fingerprint density at radius 3 is 2.56 bits per heavy atom. The molecule has 0 heterocycles. The number of hydrogen-bond donors (Lipinski definition) is 0. The van der Waals surface area contributed by atoms with E-state index in [4.69, 9.17) is 4.74 Å². The van der Waals surface area contributed by atoms with Gasteiger partial charge in [0.2, 0.25) is 0 Å². The Bertz CT molecular complexity index is 1030. The minimum Gasteiger partial charge on any atom is -0.490 e. The van der Waals surface area contributed by atoms with Crippen LogP contribution < -0.4 is 4.74 Å². The Balaban J connectivity index is 2.06. The largest absolute Gasteiger partial charge is 0.490 e. The highest BCUT2D eigenvalue weighted by Crippen LogP contribution is 2.29. The predicted octanol–water partition coefficient (Wildman–Crippen LogP) is 4.82. The number of fused-ring (bicyclic) bond motifs is 1. The van der Waals surface area contributed by atoms with Gasteiger partial charge in [0.05, 0.1) is 23.7 Å². The summed E-state index contributed by atoms with van der Waals surface area (Å²) in [6.45, 7) is 0. The smallest absolute Gasteiger partial charge is 0.311 e. The first-order chi connectivity index (χ1) is 12.1. The summed E-state index contributed by atoms with van der Waals surface area (Å²) in [6.07, 6.45) is 1.64. The first-order valence-electron chi connectivity index (χ1n) is 7.56. The molecule has 0 fully saturated rings. The molecule has 0 aliphatic rings. The Hall–Kier alpha value is -3.65. The summed E-state index contributed by atoms with van der Waals surface area (Å²) in [7, 11) is 1.38. The standard InChI is InChI=1S/C20H14N2O3/c1-25-20-9-6-14(11-19(20)22(23)24)10-18(13-21)17-8-7-15-4-2-3-5-16(15)12-17/h2-12H,1H3/b18-10-. The lowest BCUT2D eigenvalue weighted by atomic mass is 10.00. The van der Waals surface area contributed by atoms with Crippen molar-refractivity contribution in [3.8, 4) is 11.8 Å². The van der Waals surface area contributed by atoms with Gasteiger partial charge in [0.25, 0.3) is 0 Å². The monoisotopic (exact) mass is 330 g/mol. The molecular weight excluding hydrogens is 316 g/mol. The molecule has 0 unspecified atom stereocenters. The number of benzene rings is 3. The molecule has 3 aromatic carbocycles. The van der Waals surface area contributed by atoms with Crippen LogP contribution in [0.3, 0.4) is 0 Å². The molecule has 5 nitrogen and oxygen atoms in total. The number of methoxy groups -OCH3 is 1. The Kier molecular flexibility index (Phi) is 4.44. The summed E-state index contributed by atoms with van der Waals surface area (Å²) < 4.78 is 5.00. The molecule has 0 aromatic heterocycles. The second-order valence-electron chi connectivity index (χ2n) is 5.42. The fraction of sp³-hybridized carbons (Fsp3) is 0.0500. The van der Waals surface area contributed by atoms with Crippen molar-refractivity contribution in [3.63, 3.8) is 0 Å². The zero-order valence-electron chi connectivity index (χ0n) is 13.5. The molecule has 0 N–H and O–H groups in total. The fourth-order valence-corrected chi connectivity index (χ4v) is 2.64. The second kappa shape index (κ2) is 6.85. The third-order valence-corrected chi connectivity index (χ3v) is 3.89. The number of ether oxygens (including phenoxy) is 1. The van der Waals surface area contributed by atoms with E-state index in [1.54, 1.807) is 12.1 Å². The average Bonchev–Trinajstić information content (AvgIpc) is 2.65. The molecule has 0 saturated carbocycles. The molecule has 0 spiro atoms. The second-order valence-corrected chi connectivity index (χ2v) is 5.42. The van der Waals surface area contributed by atoms with Gasteiger partial charge in [-0.25, -0.2) is 0 Å². The van der Waals surface area contributed by atoms with E-state index >= 15 is 0 Å². The number of nitro benzene ring substituents is 1. The highest BCUT2D eigenvalue weighted by Gasteiger charge is 2.15. The highest BCUT2D eigenvalue weighted by molar-refractivity contribution is 5.94. The van der Waals surface area contributed by atoms with Crippen LogP contribution in [0, 0.1) is 21.4 Å². The predicted molar refractivity (Wildman–Crippen MR) is 97.1 cm³/mol. The van der Waals surface area contributed by atoms with Crippen LogP contribution in [-0.2, 0) is 0 Å². The molecule has 3 rings (SSSR count). The third kappa shape index (κ3) is 3.33. The Labute approximate surface area is 144 Å². The van der Waals surface area contributed by atoms with Crippen LogP contribution in [0.4, 0.5) is 5.69 Å². The maximum atomic E-state index is 11.1. The zero-order chi connectivity index (χ0) is 17.8. The normalized spacial score (nSPS) is 11.1. The van der Waals surface area contributed by atoms with Crippen LogP contribution in [0.25, 0.3) is 22.4 Å². The molecule has 0 radical (unpaired) electrons. The van der Waals surface area contributed by atoms with Crippen molar-refractivity contribution >= 4 is 28.1 Å². The molecule has 25 heavy (non-hydrogen) atoms. The minimum absolute atomic E-state index is 0.132. The van der Waals surface area contributed by atoms with Gasteiger partial charge in [-0.3, -0.25) is 10.1 Å². The van der Waals surface area contributed by atoms with Crippen molar-refractivity contribution in [3.05, 3.63) is 81.9 Å². The van der Waals surface area contributed by atoms with Crippen LogP contribution >= 0.6 is 0 Å². The fourth-order valence-electron chi connectivity index (χ4n) is 2.64. The number of nitro groups is 1. The Morgan fingerprint density at radius 2 is 1.88 bits per heavy atom. The molecule has 5 heteroatoms. The lowest BCUT2D eigenvalue weighted by molar-refractivity contribution is -0.385. The zero-order valence-corrected chi connectivity index (χ0v) is 13.5. The summed E-state index contributed by atoms with van der Waals surface area (Å²) in [5, 5.41) is 22.8. The third-order valence-electron chi connectivity index (χ3n) is 3.89. The van der Waals surface area contributed by atoms with Gasteiger partial charge in [-0.1, -0.05) is 42.5 Å². The van der Waals surface area contributed by atoms with Crippen molar-refractivity contribution in [1.82, 2.24) is 0 Å². The van der Waals surface area contributed by atoms with Gasteiger partial charge in [-0.15, -0.1) is 0 Å². The van der Waals surface area contributed by atoms with Gasteiger partial charge in [0.1, 0.15) is 0 Å². The molecule has 0 amide bonds. The maximum absolute atomic E-state index is 11.1. The molecule has 0 aliphatic carbocycles. The van der Waals surface area contributed by atoms with Crippen LogP contribution in [0.5, 0.6) is 5.75 Å². The molecule has 0 aliphatic heterocycles. The van der Waals surface area contributed by atoms with E-state index < -0.39 is 4.92 Å². The van der Waals surface area contributed by atoms with Crippen LogP contribution in [-0.4, -0.2) is 12.0 Å². The summed E-state index contributed by atoms with van der Waals surface area (Å²) in [5.74, 6) is 0.186. The average molecular weight is 330 g/mol. The van der Waals surface area contributed by atoms with Crippen molar-refractivity contribution < 1.29 is 9.66 Å².